The van der Waals surface area contributed by atoms with Gasteiger partial charge in [-0.15, -0.1) is 0 Å². The summed E-state index contributed by atoms with van der Waals surface area (Å²) in [4.78, 5) is 10.9. The van der Waals surface area contributed by atoms with E-state index in [-0.39, 0.29) is 18.5 Å². The van der Waals surface area contributed by atoms with Crippen molar-refractivity contribution in [3.63, 3.8) is 0 Å². The molecule has 0 aromatic heterocycles. The Kier molecular flexibility index (Phi) is 2.93. The predicted molar refractivity (Wildman–Crippen MR) is 47.3 cm³/mol. The van der Waals surface area contributed by atoms with E-state index >= 15 is 0 Å². The molecule has 78 valence electrons. The van der Waals surface area contributed by atoms with E-state index in [0.29, 0.717) is 6.61 Å². The zero-order valence-electron chi connectivity index (χ0n) is 7.87. The lowest BCUT2D eigenvalue weighted by Crippen LogP contribution is -2.27. The van der Waals surface area contributed by atoms with Gasteiger partial charge in [0.2, 0.25) is 0 Å². The molecule has 2 atom stereocenters. The second kappa shape index (κ2) is 4.19. The summed E-state index contributed by atoms with van der Waals surface area (Å²) in [6, 6.07) is 0. The van der Waals surface area contributed by atoms with Gasteiger partial charge in [-0.2, -0.15) is 0 Å². The van der Waals surface area contributed by atoms with Gasteiger partial charge in [-0.1, -0.05) is 0 Å². The van der Waals surface area contributed by atoms with Gasteiger partial charge in [0.25, 0.3) is 0 Å². The zero-order valence-corrected chi connectivity index (χ0v) is 7.87. The van der Waals surface area contributed by atoms with Crippen LogP contribution < -0.4 is 0 Å². The SMILES string of the molecule is O=C1C=C(F)C(OC2CCCCO2)C1. The molecule has 0 spiro atoms. The van der Waals surface area contributed by atoms with Gasteiger partial charge in [-0.05, 0) is 19.3 Å². The lowest BCUT2D eigenvalue weighted by Gasteiger charge is -2.25. The van der Waals surface area contributed by atoms with Gasteiger partial charge < -0.3 is 9.47 Å². The number of halogens is 1. The predicted octanol–water partition coefficient (Wildman–Crippen LogP) is 1.72. The molecule has 0 radical (unpaired) electrons. The average molecular weight is 200 g/mol. The van der Waals surface area contributed by atoms with Crippen LogP contribution in [-0.2, 0) is 14.3 Å². The average Bonchev–Trinajstić information content (AvgIpc) is 2.47. The smallest absolute Gasteiger partial charge is 0.161 e. The van der Waals surface area contributed by atoms with Gasteiger partial charge in [-0.25, -0.2) is 4.39 Å². The molecule has 0 aromatic carbocycles. The summed E-state index contributed by atoms with van der Waals surface area (Å²) in [6.45, 7) is 0.663. The van der Waals surface area contributed by atoms with Crippen molar-refractivity contribution < 1.29 is 18.7 Å². The number of ether oxygens (including phenoxy) is 2. The maximum Gasteiger partial charge on any atom is 0.161 e. The monoisotopic (exact) mass is 200 g/mol. The van der Waals surface area contributed by atoms with E-state index in [1.165, 1.54) is 0 Å². The van der Waals surface area contributed by atoms with E-state index in [1.54, 1.807) is 0 Å². The Balaban J connectivity index is 1.85. The van der Waals surface area contributed by atoms with Crippen LogP contribution in [0.15, 0.2) is 11.9 Å². The van der Waals surface area contributed by atoms with E-state index in [1.807, 2.05) is 0 Å². The molecular formula is C10H13FO3. The maximum atomic E-state index is 13.1. The molecule has 0 amide bonds. The molecule has 2 rings (SSSR count). The van der Waals surface area contributed by atoms with Crippen molar-refractivity contribution in [1.82, 2.24) is 0 Å². The molecule has 1 aliphatic carbocycles. The van der Waals surface area contributed by atoms with Crippen LogP contribution in [0.2, 0.25) is 0 Å². The van der Waals surface area contributed by atoms with Crippen molar-refractivity contribution in [3.05, 3.63) is 11.9 Å². The number of allylic oxidation sites excluding steroid dienone is 1. The highest BCUT2D eigenvalue weighted by atomic mass is 19.1. The molecule has 0 bridgehead atoms. The lowest BCUT2D eigenvalue weighted by atomic mass is 10.2. The van der Waals surface area contributed by atoms with Crippen molar-refractivity contribution >= 4 is 5.78 Å². The van der Waals surface area contributed by atoms with Crippen LogP contribution in [0.1, 0.15) is 25.7 Å². The standard InChI is InChI=1S/C10H13FO3/c11-8-5-7(12)6-9(8)14-10-3-1-2-4-13-10/h5,9-10H,1-4,6H2. The third-order valence-corrected chi connectivity index (χ3v) is 2.45. The van der Waals surface area contributed by atoms with E-state index in [9.17, 15) is 9.18 Å². The highest BCUT2D eigenvalue weighted by Gasteiger charge is 2.29. The van der Waals surface area contributed by atoms with E-state index in [4.69, 9.17) is 9.47 Å². The van der Waals surface area contributed by atoms with Crippen LogP contribution in [0.5, 0.6) is 0 Å². The van der Waals surface area contributed by atoms with Crippen LogP contribution >= 0.6 is 0 Å². The molecule has 2 aliphatic rings. The van der Waals surface area contributed by atoms with Gasteiger partial charge in [0.15, 0.2) is 12.1 Å². The Morgan fingerprint density at radius 2 is 2.36 bits per heavy atom. The number of ketones is 1. The first-order valence-corrected chi connectivity index (χ1v) is 4.92. The second-order valence-electron chi connectivity index (χ2n) is 3.62. The third kappa shape index (κ3) is 2.19. The number of rotatable bonds is 2. The molecule has 14 heavy (non-hydrogen) atoms. The Hall–Kier alpha value is -0.740. The first-order valence-electron chi connectivity index (χ1n) is 4.92. The van der Waals surface area contributed by atoms with Gasteiger partial charge in [-0.3, -0.25) is 4.79 Å². The summed E-state index contributed by atoms with van der Waals surface area (Å²) in [6.07, 6.45) is 2.94. The Morgan fingerprint density at radius 1 is 1.50 bits per heavy atom. The van der Waals surface area contributed by atoms with Crippen molar-refractivity contribution in [2.24, 2.45) is 0 Å². The van der Waals surface area contributed by atoms with Crippen LogP contribution in [0, 0.1) is 0 Å². The molecule has 0 N–H and O–H groups in total. The molecule has 2 unspecified atom stereocenters. The minimum atomic E-state index is -0.703. The highest BCUT2D eigenvalue weighted by molar-refractivity contribution is 5.93. The third-order valence-electron chi connectivity index (χ3n) is 2.45. The molecule has 0 aromatic rings. The number of hydrogen-bond acceptors (Lipinski definition) is 3. The van der Waals surface area contributed by atoms with E-state index < -0.39 is 11.9 Å². The van der Waals surface area contributed by atoms with Gasteiger partial charge in [0.05, 0.1) is 0 Å². The first kappa shape index (κ1) is 9.80. The first-order chi connectivity index (χ1) is 6.75. The quantitative estimate of drug-likeness (QED) is 0.680. The van der Waals surface area contributed by atoms with E-state index in [2.05, 4.69) is 0 Å². The Bertz CT molecular complexity index is 256. The Morgan fingerprint density at radius 3 is 2.93 bits per heavy atom. The fourth-order valence-corrected chi connectivity index (χ4v) is 1.70. The fourth-order valence-electron chi connectivity index (χ4n) is 1.70. The molecule has 1 aliphatic heterocycles. The molecule has 3 nitrogen and oxygen atoms in total. The summed E-state index contributed by atoms with van der Waals surface area (Å²) < 4.78 is 23.7. The minimum Gasteiger partial charge on any atom is -0.353 e. The molecule has 1 heterocycles. The molecule has 4 heteroatoms. The summed E-state index contributed by atoms with van der Waals surface area (Å²) in [7, 11) is 0. The zero-order chi connectivity index (χ0) is 9.97. The summed E-state index contributed by atoms with van der Waals surface area (Å²) in [5.74, 6) is -0.674. The largest absolute Gasteiger partial charge is 0.353 e. The van der Waals surface area contributed by atoms with Gasteiger partial charge in [0, 0.05) is 19.1 Å². The summed E-state index contributed by atoms with van der Waals surface area (Å²) in [5, 5.41) is 0. The number of carbonyl (C=O) groups is 1. The second-order valence-corrected chi connectivity index (χ2v) is 3.62. The van der Waals surface area contributed by atoms with Gasteiger partial charge >= 0.3 is 0 Å². The fraction of sp³-hybridized carbons (Fsp3) is 0.700. The van der Waals surface area contributed by atoms with Gasteiger partial charge in [0.1, 0.15) is 11.9 Å². The van der Waals surface area contributed by atoms with Crippen molar-refractivity contribution in [3.8, 4) is 0 Å². The van der Waals surface area contributed by atoms with Crippen molar-refractivity contribution in [2.45, 2.75) is 38.1 Å². The molecule has 1 fully saturated rings. The molecule has 1 saturated heterocycles. The number of hydrogen-bond donors (Lipinski definition) is 0. The molecule has 0 saturated carbocycles. The highest BCUT2D eigenvalue weighted by Crippen LogP contribution is 2.25. The van der Waals surface area contributed by atoms with E-state index in [0.717, 1.165) is 25.3 Å². The Labute approximate surface area is 81.9 Å². The normalized spacial score (nSPS) is 33.2. The minimum absolute atomic E-state index is 0.117. The van der Waals surface area contributed by atoms with Crippen LogP contribution in [0.25, 0.3) is 0 Å². The lowest BCUT2D eigenvalue weighted by molar-refractivity contribution is -0.183. The van der Waals surface area contributed by atoms with Crippen molar-refractivity contribution in [1.29, 1.82) is 0 Å². The number of carbonyl (C=O) groups excluding carboxylic acids is 1. The topological polar surface area (TPSA) is 35.5 Å². The van der Waals surface area contributed by atoms with Crippen LogP contribution in [0.4, 0.5) is 4.39 Å². The molecular weight excluding hydrogens is 187 g/mol. The summed E-state index contributed by atoms with van der Waals surface area (Å²) >= 11 is 0. The van der Waals surface area contributed by atoms with Crippen molar-refractivity contribution in [2.75, 3.05) is 6.61 Å². The summed E-state index contributed by atoms with van der Waals surface area (Å²) in [5.41, 5.74) is 0. The maximum absolute atomic E-state index is 13.1. The van der Waals surface area contributed by atoms with Crippen LogP contribution in [0.3, 0.4) is 0 Å². The van der Waals surface area contributed by atoms with Crippen LogP contribution in [-0.4, -0.2) is 24.8 Å².